The zero-order valence-electron chi connectivity index (χ0n) is 15.9. The number of methoxy groups -OCH3 is 1. The molecule has 1 aliphatic heterocycles. The predicted octanol–water partition coefficient (Wildman–Crippen LogP) is 1.27. The van der Waals surface area contributed by atoms with Crippen LogP contribution in [0.4, 0.5) is 13.2 Å². The van der Waals surface area contributed by atoms with E-state index >= 15 is 0 Å². The molecular weight excluding hydrogens is 369 g/mol. The van der Waals surface area contributed by atoms with Crippen LogP contribution in [0.1, 0.15) is 27.7 Å². The Hall–Kier alpha value is -1.84. The molecule has 0 unspecified atom stereocenters. The third kappa shape index (κ3) is 3.76. The van der Waals surface area contributed by atoms with Gasteiger partial charge in [-0.2, -0.15) is 13.2 Å². The molecular formula is C17H25F3N2O5. The van der Waals surface area contributed by atoms with Gasteiger partial charge >= 0.3 is 18.1 Å². The van der Waals surface area contributed by atoms with Crippen LogP contribution in [0.5, 0.6) is 0 Å². The molecule has 0 aromatic heterocycles. The number of fused-ring (bicyclic) bond motifs is 1. The molecule has 0 radical (unpaired) electrons. The Morgan fingerprint density at radius 3 is 2.30 bits per heavy atom. The van der Waals surface area contributed by atoms with Crippen LogP contribution in [0.15, 0.2) is 0 Å². The fraction of sp³-hybridized carbons (Fsp3) is 0.824. The van der Waals surface area contributed by atoms with Gasteiger partial charge in [-0.15, -0.1) is 0 Å². The van der Waals surface area contributed by atoms with Gasteiger partial charge in [0.05, 0.1) is 6.61 Å². The number of aliphatic carboxylic acids is 1. The van der Waals surface area contributed by atoms with Gasteiger partial charge in [-0.05, 0) is 11.3 Å². The van der Waals surface area contributed by atoms with E-state index in [9.17, 15) is 32.7 Å². The summed E-state index contributed by atoms with van der Waals surface area (Å²) in [5.41, 5.74) is -1.43. The van der Waals surface area contributed by atoms with Gasteiger partial charge < -0.3 is 20.1 Å². The third-order valence-corrected chi connectivity index (χ3v) is 5.82. The van der Waals surface area contributed by atoms with E-state index in [0.29, 0.717) is 0 Å². The summed E-state index contributed by atoms with van der Waals surface area (Å²) in [6.45, 7) is 6.79. The highest BCUT2D eigenvalue weighted by molar-refractivity contribution is 5.93. The number of halogens is 3. The van der Waals surface area contributed by atoms with Crippen molar-refractivity contribution in [3.8, 4) is 0 Å². The number of amides is 2. The van der Waals surface area contributed by atoms with Crippen LogP contribution in [0.25, 0.3) is 0 Å². The molecule has 2 fully saturated rings. The first-order valence-corrected chi connectivity index (χ1v) is 8.56. The van der Waals surface area contributed by atoms with Crippen molar-refractivity contribution >= 4 is 17.8 Å². The summed E-state index contributed by atoms with van der Waals surface area (Å²) in [7, 11) is 1.32. The Morgan fingerprint density at radius 2 is 1.85 bits per heavy atom. The first-order valence-electron chi connectivity index (χ1n) is 8.56. The molecule has 10 heteroatoms. The van der Waals surface area contributed by atoms with Crippen LogP contribution in [0.3, 0.4) is 0 Å². The molecule has 0 spiro atoms. The van der Waals surface area contributed by atoms with E-state index in [1.54, 1.807) is 5.32 Å². The van der Waals surface area contributed by atoms with Crippen LogP contribution in [0, 0.1) is 22.7 Å². The van der Waals surface area contributed by atoms with Crippen molar-refractivity contribution in [2.75, 3.05) is 20.3 Å². The molecule has 2 aliphatic rings. The molecule has 154 valence electrons. The maximum Gasteiger partial charge on any atom is 0.471 e. The Labute approximate surface area is 155 Å². The molecule has 1 heterocycles. The minimum absolute atomic E-state index is 0.0351. The summed E-state index contributed by atoms with van der Waals surface area (Å²) < 4.78 is 43.2. The summed E-state index contributed by atoms with van der Waals surface area (Å²) in [6, 6.07) is -2.70. The number of hydrogen-bond acceptors (Lipinski definition) is 4. The smallest absolute Gasteiger partial charge is 0.471 e. The molecule has 0 bridgehead atoms. The number of piperidine rings is 1. The van der Waals surface area contributed by atoms with Crippen LogP contribution in [-0.4, -0.2) is 66.3 Å². The molecule has 27 heavy (non-hydrogen) atoms. The van der Waals surface area contributed by atoms with E-state index in [2.05, 4.69) is 0 Å². The highest BCUT2D eigenvalue weighted by Crippen LogP contribution is 2.65. The average molecular weight is 394 g/mol. The maximum absolute atomic E-state index is 13.0. The lowest BCUT2D eigenvalue weighted by atomic mass is 9.83. The zero-order chi connectivity index (χ0) is 20.9. The van der Waals surface area contributed by atoms with Crippen molar-refractivity contribution < 1.29 is 37.4 Å². The Balaban J connectivity index is 2.31. The Bertz CT molecular complexity index is 647. The number of carbonyl (C=O) groups excluding carboxylic acids is 2. The third-order valence-electron chi connectivity index (χ3n) is 5.82. The molecule has 1 saturated carbocycles. The molecule has 2 rings (SSSR count). The summed E-state index contributed by atoms with van der Waals surface area (Å²) in [6.07, 6.45) is -5.16. The van der Waals surface area contributed by atoms with Crippen molar-refractivity contribution in [2.45, 2.75) is 46.0 Å². The second-order valence-electron chi connectivity index (χ2n) is 8.55. The molecule has 2 N–H and O–H groups in total. The Morgan fingerprint density at radius 1 is 1.30 bits per heavy atom. The fourth-order valence-corrected chi connectivity index (χ4v) is 4.22. The second kappa shape index (κ2) is 6.65. The van der Waals surface area contributed by atoms with E-state index in [0.717, 1.165) is 4.90 Å². The van der Waals surface area contributed by atoms with Crippen molar-refractivity contribution in [1.29, 1.82) is 0 Å². The molecule has 1 saturated heterocycles. The van der Waals surface area contributed by atoms with Gasteiger partial charge in [0.15, 0.2) is 0 Å². The van der Waals surface area contributed by atoms with Crippen LogP contribution >= 0.6 is 0 Å². The van der Waals surface area contributed by atoms with Gasteiger partial charge in [0, 0.05) is 25.0 Å². The lowest BCUT2D eigenvalue weighted by molar-refractivity contribution is -0.177. The van der Waals surface area contributed by atoms with Gasteiger partial charge in [0.1, 0.15) is 12.1 Å². The van der Waals surface area contributed by atoms with E-state index in [1.165, 1.54) is 21.0 Å². The number of nitrogens with zero attached hydrogens (tertiary/aromatic N) is 1. The van der Waals surface area contributed by atoms with Gasteiger partial charge in [-0.25, -0.2) is 4.79 Å². The number of hydrogen-bond donors (Lipinski definition) is 2. The van der Waals surface area contributed by atoms with Gasteiger partial charge in [-0.3, -0.25) is 9.59 Å². The average Bonchev–Trinajstić information content (AvgIpc) is 2.87. The molecule has 2 amide bonds. The summed E-state index contributed by atoms with van der Waals surface area (Å²) in [4.78, 5) is 37.3. The quantitative estimate of drug-likeness (QED) is 0.708. The SMILES string of the molecule is COCC(C)(C)[C@H](NC(=O)C(F)(F)F)C(=O)N1C[C@H]2[C@@H]([C@H]1C(=O)O)C2(C)C. The first kappa shape index (κ1) is 21.5. The number of carboxylic acid groups (broad SMARTS) is 1. The van der Waals surface area contributed by atoms with Crippen LogP contribution < -0.4 is 5.32 Å². The second-order valence-corrected chi connectivity index (χ2v) is 8.55. The van der Waals surface area contributed by atoms with Crippen molar-refractivity contribution in [3.05, 3.63) is 0 Å². The molecule has 0 aromatic rings. The van der Waals surface area contributed by atoms with E-state index in [1.807, 2.05) is 13.8 Å². The maximum atomic E-state index is 13.0. The lowest BCUT2D eigenvalue weighted by Crippen LogP contribution is -2.61. The topological polar surface area (TPSA) is 95.9 Å². The number of rotatable bonds is 6. The Kier molecular flexibility index (Phi) is 5.28. The normalized spacial score (nSPS) is 27.7. The summed E-state index contributed by atoms with van der Waals surface area (Å²) in [5, 5.41) is 11.3. The van der Waals surface area contributed by atoms with Gasteiger partial charge in [0.25, 0.3) is 0 Å². The molecule has 0 aromatic carbocycles. The largest absolute Gasteiger partial charge is 0.480 e. The predicted molar refractivity (Wildman–Crippen MR) is 87.5 cm³/mol. The summed E-state index contributed by atoms with van der Waals surface area (Å²) in [5.74, 6) is -4.59. The fourth-order valence-electron chi connectivity index (χ4n) is 4.22. The van der Waals surface area contributed by atoms with Crippen LogP contribution in [0.2, 0.25) is 0 Å². The van der Waals surface area contributed by atoms with Gasteiger partial charge in [-0.1, -0.05) is 27.7 Å². The highest BCUT2D eigenvalue weighted by Gasteiger charge is 2.70. The lowest BCUT2D eigenvalue weighted by Gasteiger charge is -2.38. The molecule has 4 atom stereocenters. The number of alkyl halides is 3. The summed E-state index contributed by atoms with van der Waals surface area (Å²) >= 11 is 0. The number of ether oxygens (including phenoxy) is 1. The van der Waals surface area contributed by atoms with Crippen molar-refractivity contribution in [2.24, 2.45) is 22.7 Å². The minimum atomic E-state index is -5.16. The van der Waals surface area contributed by atoms with E-state index < -0.39 is 41.5 Å². The van der Waals surface area contributed by atoms with Crippen LogP contribution in [-0.2, 0) is 19.1 Å². The van der Waals surface area contributed by atoms with E-state index in [4.69, 9.17) is 4.74 Å². The molecule has 1 aliphatic carbocycles. The standard InChI is InChI=1S/C17H25F3N2O5/c1-15(2,7-27-5)11(21-14(26)17(18,19)20)12(23)22-6-8-9(16(8,3)4)10(22)13(24)25/h8-11H,6-7H2,1-5H3,(H,21,26)(H,24,25)/t8-,9-,10-,11+/m0/s1. The number of likely N-dealkylation sites (tertiary alicyclic amines) is 1. The van der Waals surface area contributed by atoms with Crippen molar-refractivity contribution in [1.82, 2.24) is 10.2 Å². The first-order chi connectivity index (χ1) is 12.2. The van der Waals surface area contributed by atoms with Crippen molar-refractivity contribution in [3.63, 3.8) is 0 Å². The minimum Gasteiger partial charge on any atom is -0.480 e. The monoisotopic (exact) mass is 394 g/mol. The number of carbonyl (C=O) groups is 3. The molecule has 7 nitrogen and oxygen atoms in total. The number of nitrogens with one attached hydrogen (secondary N) is 1. The van der Waals surface area contributed by atoms with Gasteiger partial charge in [0.2, 0.25) is 5.91 Å². The zero-order valence-corrected chi connectivity index (χ0v) is 15.9. The van der Waals surface area contributed by atoms with E-state index in [-0.39, 0.29) is 30.4 Å². The highest BCUT2D eigenvalue weighted by atomic mass is 19.4. The number of carboxylic acids is 1.